The molecule has 6 aromatic carbocycles. The van der Waals surface area contributed by atoms with E-state index in [9.17, 15) is 0 Å². The van der Waals surface area contributed by atoms with E-state index in [1.807, 2.05) is 0 Å². The van der Waals surface area contributed by atoms with Crippen molar-refractivity contribution in [1.29, 1.82) is 0 Å². The van der Waals surface area contributed by atoms with Crippen molar-refractivity contribution in [2.24, 2.45) is 0 Å². The van der Waals surface area contributed by atoms with E-state index < -0.39 is 0 Å². The van der Waals surface area contributed by atoms with Gasteiger partial charge in [-0.1, -0.05) is 127 Å². The van der Waals surface area contributed by atoms with Crippen LogP contribution in [0, 0.1) is 0 Å². The number of anilines is 4. The lowest BCUT2D eigenvalue weighted by molar-refractivity contribution is -0.570. The fourth-order valence-corrected chi connectivity index (χ4v) is 6.55. The Labute approximate surface area is 287 Å². The van der Waals surface area contributed by atoms with Gasteiger partial charge in [-0.05, 0) is 78.9 Å². The molecular formula is C45H35N4+. The summed E-state index contributed by atoms with van der Waals surface area (Å²) >= 11 is 0. The number of allylic oxidation sites excluding steroid dienone is 6. The maximum Gasteiger partial charge on any atom is 0.292 e. The minimum atomic E-state index is 1.06. The van der Waals surface area contributed by atoms with E-state index >= 15 is 0 Å². The van der Waals surface area contributed by atoms with Gasteiger partial charge in [-0.25, -0.2) is 0 Å². The molecule has 1 aliphatic heterocycles. The van der Waals surface area contributed by atoms with Crippen molar-refractivity contribution in [2.75, 3.05) is 9.80 Å². The zero-order valence-corrected chi connectivity index (χ0v) is 27.0. The van der Waals surface area contributed by atoms with Gasteiger partial charge in [0.15, 0.2) is 11.0 Å². The summed E-state index contributed by atoms with van der Waals surface area (Å²) in [4.78, 5) is 4.64. The van der Waals surface area contributed by atoms with Crippen LogP contribution in [0.5, 0.6) is 0 Å². The Balaban J connectivity index is 1.15. The Kier molecular flexibility index (Phi) is 8.25. The van der Waals surface area contributed by atoms with Crippen LogP contribution in [0.4, 0.5) is 22.7 Å². The predicted molar refractivity (Wildman–Crippen MR) is 204 cm³/mol. The van der Waals surface area contributed by atoms with Crippen LogP contribution in [0.15, 0.2) is 212 Å². The zero-order valence-electron chi connectivity index (χ0n) is 27.0. The van der Waals surface area contributed by atoms with E-state index in [-0.39, 0.29) is 0 Å². The molecule has 0 saturated heterocycles. The monoisotopic (exact) mass is 631 g/mol. The molecule has 0 bridgehead atoms. The van der Waals surface area contributed by atoms with E-state index in [0.29, 0.717) is 0 Å². The molecule has 0 amide bonds. The fourth-order valence-electron chi connectivity index (χ4n) is 6.55. The second-order valence-corrected chi connectivity index (χ2v) is 11.7. The van der Waals surface area contributed by atoms with Gasteiger partial charge in [0.2, 0.25) is 0 Å². The second-order valence-electron chi connectivity index (χ2n) is 11.7. The number of hydrogen-bond donors (Lipinski definition) is 0. The lowest BCUT2D eigenvalue weighted by Crippen LogP contribution is -2.33. The zero-order chi connectivity index (χ0) is 32.8. The lowest BCUT2D eigenvalue weighted by atomic mass is 10.2. The largest absolute Gasteiger partial charge is 0.294 e. The topological polar surface area (TPSA) is 15.3 Å². The second kappa shape index (κ2) is 13.6. The number of aromatic nitrogens is 2. The van der Waals surface area contributed by atoms with Gasteiger partial charge in [0.25, 0.3) is 5.82 Å². The summed E-state index contributed by atoms with van der Waals surface area (Å²) in [6.07, 6.45) is 14.9. The van der Waals surface area contributed by atoms with E-state index in [1.165, 1.54) is 0 Å². The highest BCUT2D eigenvalue weighted by molar-refractivity contribution is 5.93. The first-order valence-electron chi connectivity index (χ1n) is 16.6. The van der Waals surface area contributed by atoms with Crippen LogP contribution in [0.25, 0.3) is 28.5 Å². The molecule has 1 aliphatic rings. The van der Waals surface area contributed by atoms with E-state index in [2.05, 4.69) is 231 Å². The first kappa shape index (κ1) is 29.7. The third-order valence-corrected chi connectivity index (χ3v) is 8.64. The summed E-state index contributed by atoms with van der Waals surface area (Å²) in [5.41, 5.74) is 9.07. The summed E-state index contributed by atoms with van der Waals surface area (Å²) in [6.45, 7) is 0. The SMILES string of the molecule is C(/C=C/C=C/C=C/c1n(-c2ccccc2)c2ccccc2[n+]1-c1ccccc1)=C1N(c2ccccc2)c2ccccc2N1c1ccccc1. The van der Waals surface area contributed by atoms with Crippen molar-refractivity contribution in [2.45, 2.75) is 0 Å². The average Bonchev–Trinajstić information content (AvgIpc) is 3.68. The van der Waals surface area contributed by atoms with Gasteiger partial charge in [-0.15, -0.1) is 0 Å². The van der Waals surface area contributed by atoms with Crippen LogP contribution in [0.1, 0.15) is 5.82 Å². The number of hydrogen-bond acceptors (Lipinski definition) is 2. The minimum Gasteiger partial charge on any atom is -0.294 e. The van der Waals surface area contributed by atoms with Crippen molar-refractivity contribution in [3.05, 3.63) is 218 Å². The molecule has 8 rings (SSSR count). The standard InChI is InChI=1S/C45H35N4/c1(2-16-34-44-46(36-22-8-4-9-23-36)40-30-18-19-31-41(40)47(44)37-24-10-5-11-25-37)3-17-35-45-48(38-26-12-6-13-27-38)42-32-20-21-33-43(42)49(45)39-28-14-7-15-29-39/h1-35H/q+1. The summed E-state index contributed by atoms with van der Waals surface area (Å²) in [5, 5.41) is 0. The van der Waals surface area contributed by atoms with Crippen LogP contribution in [0.2, 0.25) is 0 Å². The van der Waals surface area contributed by atoms with Gasteiger partial charge in [-0.2, -0.15) is 9.13 Å². The molecule has 234 valence electrons. The Morgan fingerprint density at radius 3 is 1.49 bits per heavy atom. The van der Waals surface area contributed by atoms with Crippen molar-refractivity contribution < 1.29 is 4.57 Å². The van der Waals surface area contributed by atoms with Gasteiger partial charge < -0.3 is 0 Å². The molecule has 49 heavy (non-hydrogen) atoms. The average molecular weight is 632 g/mol. The van der Waals surface area contributed by atoms with Crippen molar-refractivity contribution in [3.8, 4) is 11.4 Å². The van der Waals surface area contributed by atoms with Gasteiger partial charge >= 0.3 is 0 Å². The van der Waals surface area contributed by atoms with Gasteiger partial charge in [-0.3, -0.25) is 9.80 Å². The van der Waals surface area contributed by atoms with Crippen LogP contribution in [-0.4, -0.2) is 4.57 Å². The number of benzene rings is 6. The highest BCUT2D eigenvalue weighted by Gasteiger charge is 2.32. The fraction of sp³-hybridized carbons (Fsp3) is 0. The maximum atomic E-state index is 2.32. The van der Waals surface area contributed by atoms with Gasteiger partial charge in [0.05, 0.1) is 11.4 Å². The highest BCUT2D eigenvalue weighted by atomic mass is 15.4. The highest BCUT2D eigenvalue weighted by Crippen LogP contribution is 2.49. The molecule has 2 heterocycles. The molecule has 0 N–H and O–H groups in total. The summed E-state index contributed by atoms with van der Waals surface area (Å²) in [5.74, 6) is 2.13. The van der Waals surface area contributed by atoms with Gasteiger partial charge in [0, 0.05) is 17.5 Å². The Morgan fingerprint density at radius 1 is 0.408 bits per heavy atom. The molecule has 0 saturated carbocycles. The molecule has 0 aliphatic carbocycles. The quantitative estimate of drug-likeness (QED) is 0.122. The van der Waals surface area contributed by atoms with Crippen molar-refractivity contribution >= 4 is 39.9 Å². The van der Waals surface area contributed by atoms with Crippen LogP contribution < -0.4 is 14.4 Å². The van der Waals surface area contributed by atoms with Crippen molar-refractivity contribution in [3.63, 3.8) is 0 Å². The van der Waals surface area contributed by atoms with Crippen LogP contribution in [0.3, 0.4) is 0 Å². The molecule has 0 spiro atoms. The third kappa shape index (κ3) is 5.77. The van der Waals surface area contributed by atoms with E-state index in [1.54, 1.807) is 0 Å². The lowest BCUT2D eigenvalue weighted by Gasteiger charge is -2.25. The first-order valence-corrected chi connectivity index (χ1v) is 16.6. The van der Waals surface area contributed by atoms with E-state index in [4.69, 9.17) is 0 Å². The maximum absolute atomic E-state index is 2.32. The Bertz CT molecular complexity index is 2170. The number of imidazole rings is 1. The molecule has 0 radical (unpaired) electrons. The number of para-hydroxylation sites is 8. The minimum absolute atomic E-state index is 1.06. The Hall–Kier alpha value is -6.65. The molecule has 7 aromatic rings. The number of rotatable bonds is 8. The molecule has 0 fully saturated rings. The number of nitrogens with zero attached hydrogens (tertiary/aromatic N) is 4. The molecular weight excluding hydrogens is 597 g/mol. The summed E-state index contributed by atoms with van der Waals surface area (Å²) in [7, 11) is 0. The molecule has 1 aromatic heterocycles. The Morgan fingerprint density at radius 2 is 0.878 bits per heavy atom. The smallest absolute Gasteiger partial charge is 0.292 e. The predicted octanol–water partition coefficient (Wildman–Crippen LogP) is 10.9. The molecule has 0 atom stereocenters. The first-order chi connectivity index (χ1) is 24.4. The molecule has 4 heteroatoms. The van der Waals surface area contributed by atoms with Crippen LogP contribution >= 0.6 is 0 Å². The van der Waals surface area contributed by atoms with Crippen LogP contribution in [-0.2, 0) is 0 Å². The van der Waals surface area contributed by atoms with Gasteiger partial charge in [0.1, 0.15) is 17.2 Å². The number of fused-ring (bicyclic) bond motifs is 2. The van der Waals surface area contributed by atoms with Crippen molar-refractivity contribution in [1.82, 2.24) is 4.57 Å². The molecule has 0 unspecified atom stereocenters. The summed E-state index contributed by atoms with van der Waals surface area (Å²) in [6, 6.07) is 59.3. The van der Waals surface area contributed by atoms with E-state index in [0.717, 1.165) is 56.8 Å². The molecule has 4 nitrogen and oxygen atoms in total. The summed E-state index contributed by atoms with van der Waals surface area (Å²) < 4.78 is 4.64. The normalized spacial score (nSPS) is 12.9. The third-order valence-electron chi connectivity index (χ3n) is 8.64.